The third kappa shape index (κ3) is 1.46. The lowest BCUT2D eigenvalue weighted by atomic mass is 9.95. The van der Waals surface area contributed by atoms with Gasteiger partial charge in [-0.15, -0.1) is 0 Å². The summed E-state index contributed by atoms with van der Waals surface area (Å²) in [7, 11) is 0. The molecule has 1 aromatic rings. The Labute approximate surface area is 77.2 Å². The van der Waals surface area contributed by atoms with E-state index < -0.39 is 0 Å². The summed E-state index contributed by atoms with van der Waals surface area (Å²) >= 11 is 0. The van der Waals surface area contributed by atoms with Crippen LogP contribution in [0.4, 0.5) is 0 Å². The monoisotopic (exact) mass is 176 g/mol. The van der Waals surface area contributed by atoms with E-state index in [9.17, 15) is 4.79 Å². The van der Waals surface area contributed by atoms with Gasteiger partial charge in [-0.05, 0) is 32.6 Å². The topological polar surface area (TPSA) is 42.9 Å². The van der Waals surface area contributed by atoms with Crippen molar-refractivity contribution in [1.29, 1.82) is 0 Å². The van der Waals surface area contributed by atoms with Crippen LogP contribution in [-0.4, -0.2) is 16.3 Å². The van der Waals surface area contributed by atoms with Gasteiger partial charge in [-0.25, -0.2) is 9.97 Å². The molecule has 0 bridgehead atoms. The van der Waals surface area contributed by atoms with Gasteiger partial charge in [0, 0.05) is 11.3 Å². The van der Waals surface area contributed by atoms with Gasteiger partial charge in [-0.2, -0.15) is 0 Å². The Morgan fingerprint density at radius 1 is 1.23 bits per heavy atom. The van der Waals surface area contributed by atoms with Crippen molar-refractivity contribution in [1.82, 2.24) is 9.97 Å². The van der Waals surface area contributed by atoms with E-state index in [1.165, 1.54) is 6.42 Å². The molecule has 0 N–H and O–H groups in total. The predicted molar refractivity (Wildman–Crippen MR) is 48.8 cm³/mol. The normalized spacial score (nSPS) is 15.2. The SMILES string of the molecule is Cc1nc(C=O)c2c(n1)CCCC2. The third-order valence-electron chi connectivity index (χ3n) is 2.44. The zero-order valence-electron chi connectivity index (χ0n) is 7.71. The molecule has 68 valence electrons. The van der Waals surface area contributed by atoms with Gasteiger partial charge in [0.25, 0.3) is 0 Å². The third-order valence-corrected chi connectivity index (χ3v) is 2.44. The fourth-order valence-corrected chi connectivity index (χ4v) is 1.85. The molecule has 0 amide bonds. The number of aromatic nitrogens is 2. The molecule has 0 unspecified atom stereocenters. The van der Waals surface area contributed by atoms with Crippen LogP contribution in [0.5, 0.6) is 0 Å². The predicted octanol–water partition coefficient (Wildman–Crippen LogP) is 1.48. The molecule has 1 aliphatic rings. The van der Waals surface area contributed by atoms with Crippen molar-refractivity contribution in [3.05, 3.63) is 22.8 Å². The Hall–Kier alpha value is -1.25. The highest BCUT2D eigenvalue weighted by atomic mass is 16.1. The molecule has 0 aromatic carbocycles. The number of nitrogens with zero attached hydrogens (tertiary/aromatic N) is 2. The van der Waals surface area contributed by atoms with Gasteiger partial charge in [-0.3, -0.25) is 4.79 Å². The highest BCUT2D eigenvalue weighted by Crippen LogP contribution is 2.20. The van der Waals surface area contributed by atoms with E-state index in [0.717, 1.165) is 36.8 Å². The fraction of sp³-hybridized carbons (Fsp3) is 0.500. The van der Waals surface area contributed by atoms with E-state index >= 15 is 0 Å². The summed E-state index contributed by atoms with van der Waals surface area (Å²) < 4.78 is 0. The molecule has 0 atom stereocenters. The van der Waals surface area contributed by atoms with Crippen LogP contribution >= 0.6 is 0 Å². The van der Waals surface area contributed by atoms with Crippen molar-refractivity contribution >= 4 is 6.29 Å². The molecular formula is C10H12N2O. The number of rotatable bonds is 1. The molecule has 0 radical (unpaired) electrons. The molecule has 1 aromatic heterocycles. The lowest BCUT2D eigenvalue weighted by Crippen LogP contribution is -2.12. The van der Waals surface area contributed by atoms with Crippen LogP contribution in [0.15, 0.2) is 0 Å². The highest BCUT2D eigenvalue weighted by molar-refractivity contribution is 5.74. The van der Waals surface area contributed by atoms with Gasteiger partial charge in [0.05, 0.1) is 0 Å². The van der Waals surface area contributed by atoms with Gasteiger partial charge in [0.15, 0.2) is 6.29 Å². The summed E-state index contributed by atoms with van der Waals surface area (Å²) in [5.41, 5.74) is 2.76. The lowest BCUT2D eigenvalue weighted by molar-refractivity contribution is 0.111. The first-order valence-corrected chi connectivity index (χ1v) is 4.63. The molecule has 3 nitrogen and oxygen atoms in total. The average molecular weight is 176 g/mol. The average Bonchev–Trinajstić information content (AvgIpc) is 2.16. The van der Waals surface area contributed by atoms with E-state index in [2.05, 4.69) is 9.97 Å². The minimum absolute atomic E-state index is 0.599. The quantitative estimate of drug-likeness (QED) is 0.608. The van der Waals surface area contributed by atoms with Gasteiger partial charge in [0.2, 0.25) is 0 Å². The largest absolute Gasteiger partial charge is 0.296 e. The van der Waals surface area contributed by atoms with Crippen LogP contribution in [0.3, 0.4) is 0 Å². The second kappa shape index (κ2) is 3.24. The summed E-state index contributed by atoms with van der Waals surface area (Å²) in [5, 5.41) is 0. The minimum Gasteiger partial charge on any atom is -0.296 e. The Bertz CT molecular complexity index is 347. The second-order valence-electron chi connectivity index (χ2n) is 3.41. The van der Waals surface area contributed by atoms with E-state index in [1.807, 2.05) is 6.92 Å². The molecular weight excluding hydrogens is 164 g/mol. The number of hydrogen-bond donors (Lipinski definition) is 0. The maximum Gasteiger partial charge on any atom is 0.168 e. The lowest BCUT2D eigenvalue weighted by Gasteiger charge is -2.15. The van der Waals surface area contributed by atoms with Gasteiger partial charge in [-0.1, -0.05) is 0 Å². The van der Waals surface area contributed by atoms with E-state index in [1.54, 1.807) is 0 Å². The molecule has 3 heteroatoms. The van der Waals surface area contributed by atoms with E-state index in [0.29, 0.717) is 11.5 Å². The van der Waals surface area contributed by atoms with Crippen molar-refractivity contribution in [2.24, 2.45) is 0 Å². The Kier molecular flexibility index (Phi) is 2.08. The zero-order chi connectivity index (χ0) is 9.26. The Morgan fingerprint density at radius 2 is 2.00 bits per heavy atom. The Balaban J connectivity index is 2.56. The zero-order valence-corrected chi connectivity index (χ0v) is 7.71. The van der Waals surface area contributed by atoms with Crippen molar-refractivity contribution in [2.45, 2.75) is 32.6 Å². The maximum atomic E-state index is 10.7. The molecule has 2 rings (SSSR count). The smallest absolute Gasteiger partial charge is 0.168 e. The van der Waals surface area contributed by atoms with Crippen LogP contribution in [0.25, 0.3) is 0 Å². The first-order chi connectivity index (χ1) is 6.31. The van der Waals surface area contributed by atoms with Crippen molar-refractivity contribution in [3.63, 3.8) is 0 Å². The summed E-state index contributed by atoms with van der Waals surface area (Å²) in [6, 6.07) is 0. The summed E-state index contributed by atoms with van der Waals surface area (Å²) in [4.78, 5) is 19.2. The molecule has 0 fully saturated rings. The molecule has 0 spiro atoms. The number of fused-ring (bicyclic) bond motifs is 1. The second-order valence-corrected chi connectivity index (χ2v) is 3.41. The first-order valence-electron chi connectivity index (χ1n) is 4.63. The maximum absolute atomic E-state index is 10.7. The molecule has 1 aliphatic carbocycles. The number of carbonyl (C=O) groups excluding carboxylic acids is 1. The standard InChI is InChI=1S/C10H12N2O/c1-7-11-9-5-3-2-4-8(9)10(6-13)12-7/h6H,2-5H2,1H3. The fourth-order valence-electron chi connectivity index (χ4n) is 1.85. The molecule has 13 heavy (non-hydrogen) atoms. The van der Waals surface area contributed by atoms with Crippen molar-refractivity contribution in [2.75, 3.05) is 0 Å². The van der Waals surface area contributed by atoms with Crippen molar-refractivity contribution < 1.29 is 4.79 Å². The Morgan fingerprint density at radius 3 is 2.77 bits per heavy atom. The van der Waals surface area contributed by atoms with Crippen molar-refractivity contribution in [3.8, 4) is 0 Å². The summed E-state index contributed by atoms with van der Waals surface area (Å²) in [5.74, 6) is 0.711. The molecule has 0 saturated carbocycles. The van der Waals surface area contributed by atoms with Gasteiger partial charge in [0.1, 0.15) is 11.5 Å². The van der Waals surface area contributed by atoms with Crippen LogP contribution in [0, 0.1) is 6.92 Å². The van der Waals surface area contributed by atoms with Crippen LogP contribution in [0.1, 0.15) is 40.4 Å². The molecule has 0 aliphatic heterocycles. The summed E-state index contributed by atoms with van der Waals surface area (Å²) in [6.07, 6.45) is 5.14. The number of aryl methyl sites for hydroxylation is 2. The van der Waals surface area contributed by atoms with Crippen LogP contribution < -0.4 is 0 Å². The van der Waals surface area contributed by atoms with Crippen LogP contribution in [0.2, 0.25) is 0 Å². The molecule has 0 saturated heterocycles. The minimum atomic E-state index is 0.599. The van der Waals surface area contributed by atoms with Crippen LogP contribution in [-0.2, 0) is 12.8 Å². The summed E-state index contributed by atoms with van der Waals surface area (Å²) in [6.45, 7) is 1.84. The highest BCUT2D eigenvalue weighted by Gasteiger charge is 2.15. The van der Waals surface area contributed by atoms with Gasteiger partial charge < -0.3 is 0 Å². The van der Waals surface area contributed by atoms with E-state index in [-0.39, 0.29) is 0 Å². The van der Waals surface area contributed by atoms with Gasteiger partial charge >= 0.3 is 0 Å². The molecule has 1 heterocycles. The number of hydrogen-bond acceptors (Lipinski definition) is 3. The number of aldehydes is 1. The number of carbonyl (C=O) groups is 1. The van der Waals surface area contributed by atoms with E-state index in [4.69, 9.17) is 0 Å². The first kappa shape index (κ1) is 8.35.